The van der Waals surface area contributed by atoms with Crippen LogP contribution in [0.5, 0.6) is 11.5 Å². The zero-order chi connectivity index (χ0) is 19.4. The first-order chi connectivity index (χ1) is 12.8. The molecule has 1 heterocycles. The van der Waals surface area contributed by atoms with E-state index in [0.29, 0.717) is 35.4 Å². The number of benzene rings is 2. The summed E-state index contributed by atoms with van der Waals surface area (Å²) < 4.78 is 38.2. The van der Waals surface area contributed by atoms with Gasteiger partial charge in [0.15, 0.2) is 11.5 Å². The molecule has 7 nitrogen and oxygen atoms in total. The molecule has 27 heavy (non-hydrogen) atoms. The van der Waals surface area contributed by atoms with Crippen molar-refractivity contribution in [2.24, 2.45) is 0 Å². The van der Waals surface area contributed by atoms with Gasteiger partial charge in [0.2, 0.25) is 15.9 Å². The smallest absolute Gasteiger partial charge is 0.242 e. The first-order valence-corrected chi connectivity index (χ1v) is 10.2. The van der Waals surface area contributed by atoms with Crippen molar-refractivity contribution in [3.05, 3.63) is 47.5 Å². The summed E-state index contributed by atoms with van der Waals surface area (Å²) in [5.41, 5.74) is 0.488. The Morgan fingerprint density at radius 2 is 1.74 bits per heavy atom. The first kappa shape index (κ1) is 19.5. The largest absolute Gasteiger partial charge is 0.490 e. The SMILES string of the molecule is CC(NS(=O)(=O)c1ccc(Cl)cc1)C(=O)Nc1ccc2c(c1)OCCCO2. The molecule has 1 aliphatic rings. The van der Waals surface area contributed by atoms with E-state index in [1.807, 2.05) is 0 Å². The number of anilines is 1. The van der Waals surface area contributed by atoms with E-state index < -0.39 is 22.0 Å². The Hall–Kier alpha value is -2.29. The highest BCUT2D eigenvalue weighted by Gasteiger charge is 2.22. The van der Waals surface area contributed by atoms with E-state index in [1.165, 1.54) is 31.2 Å². The average molecular weight is 411 g/mol. The van der Waals surface area contributed by atoms with Crippen LogP contribution >= 0.6 is 11.6 Å². The molecular weight excluding hydrogens is 392 g/mol. The monoisotopic (exact) mass is 410 g/mol. The molecule has 1 aliphatic heterocycles. The Labute approximate surface area is 162 Å². The fourth-order valence-electron chi connectivity index (χ4n) is 2.46. The van der Waals surface area contributed by atoms with Gasteiger partial charge in [0.1, 0.15) is 0 Å². The summed E-state index contributed by atoms with van der Waals surface area (Å²) in [6.07, 6.45) is 0.778. The summed E-state index contributed by atoms with van der Waals surface area (Å²) in [5, 5.41) is 3.10. The van der Waals surface area contributed by atoms with Gasteiger partial charge in [-0.3, -0.25) is 4.79 Å². The maximum atomic E-state index is 12.4. The highest BCUT2D eigenvalue weighted by Crippen LogP contribution is 2.32. The van der Waals surface area contributed by atoms with Crippen LogP contribution < -0.4 is 19.5 Å². The summed E-state index contributed by atoms with van der Waals surface area (Å²) >= 11 is 5.77. The average Bonchev–Trinajstić information content (AvgIpc) is 2.86. The molecule has 2 aromatic carbocycles. The summed E-state index contributed by atoms with van der Waals surface area (Å²) in [7, 11) is -3.85. The molecule has 0 aromatic heterocycles. The van der Waals surface area contributed by atoms with Crippen LogP contribution in [0.4, 0.5) is 5.69 Å². The van der Waals surface area contributed by atoms with Gasteiger partial charge in [0.05, 0.1) is 24.2 Å². The van der Waals surface area contributed by atoms with Crippen molar-refractivity contribution in [2.45, 2.75) is 24.3 Å². The molecule has 1 atom stereocenters. The van der Waals surface area contributed by atoms with Crippen molar-refractivity contribution in [1.82, 2.24) is 4.72 Å². The molecule has 0 saturated carbocycles. The first-order valence-electron chi connectivity index (χ1n) is 8.33. The lowest BCUT2D eigenvalue weighted by molar-refractivity contribution is -0.117. The van der Waals surface area contributed by atoms with E-state index in [9.17, 15) is 13.2 Å². The standard InChI is InChI=1S/C18H19ClN2O5S/c1-12(21-27(23,24)15-6-3-13(19)4-7-15)18(22)20-14-5-8-16-17(11-14)26-10-2-9-25-16/h3-8,11-12,21H,2,9-10H2,1H3,(H,20,22). The molecule has 1 amide bonds. The van der Waals surface area contributed by atoms with Crippen LogP contribution in [0.25, 0.3) is 0 Å². The fraction of sp³-hybridized carbons (Fsp3) is 0.278. The molecule has 0 fully saturated rings. The summed E-state index contributed by atoms with van der Waals surface area (Å²) in [6, 6.07) is 9.74. The maximum absolute atomic E-state index is 12.4. The van der Waals surface area contributed by atoms with Crippen molar-refractivity contribution in [3.63, 3.8) is 0 Å². The van der Waals surface area contributed by atoms with Gasteiger partial charge in [-0.15, -0.1) is 0 Å². The normalized spacial score (nSPS) is 14.9. The number of carbonyl (C=O) groups is 1. The second-order valence-electron chi connectivity index (χ2n) is 6.00. The number of carbonyl (C=O) groups excluding carboxylic acids is 1. The Kier molecular flexibility index (Phi) is 5.88. The lowest BCUT2D eigenvalue weighted by Gasteiger charge is -2.15. The van der Waals surface area contributed by atoms with Crippen LogP contribution in [0.1, 0.15) is 13.3 Å². The predicted octanol–water partition coefficient (Wildman–Crippen LogP) is 2.81. The third kappa shape index (κ3) is 4.91. The Morgan fingerprint density at radius 3 is 2.44 bits per heavy atom. The van der Waals surface area contributed by atoms with E-state index in [0.717, 1.165) is 6.42 Å². The lowest BCUT2D eigenvalue weighted by Crippen LogP contribution is -2.41. The lowest BCUT2D eigenvalue weighted by atomic mass is 10.2. The quantitative estimate of drug-likeness (QED) is 0.790. The van der Waals surface area contributed by atoms with E-state index in [-0.39, 0.29) is 4.90 Å². The number of ether oxygens (including phenoxy) is 2. The molecule has 3 rings (SSSR count). The number of halogens is 1. The molecular formula is C18H19ClN2O5S. The third-order valence-electron chi connectivity index (χ3n) is 3.86. The van der Waals surface area contributed by atoms with E-state index in [4.69, 9.17) is 21.1 Å². The molecule has 2 N–H and O–H groups in total. The van der Waals surface area contributed by atoms with Gasteiger partial charge < -0.3 is 14.8 Å². The van der Waals surface area contributed by atoms with Gasteiger partial charge in [-0.1, -0.05) is 11.6 Å². The molecule has 1 unspecified atom stereocenters. The Morgan fingerprint density at radius 1 is 1.07 bits per heavy atom. The maximum Gasteiger partial charge on any atom is 0.242 e. The van der Waals surface area contributed by atoms with E-state index >= 15 is 0 Å². The van der Waals surface area contributed by atoms with Crippen molar-refractivity contribution in [3.8, 4) is 11.5 Å². The van der Waals surface area contributed by atoms with Crippen LogP contribution in [0.15, 0.2) is 47.4 Å². The van der Waals surface area contributed by atoms with Gasteiger partial charge >= 0.3 is 0 Å². The molecule has 0 spiro atoms. The van der Waals surface area contributed by atoms with Crippen molar-refractivity contribution >= 4 is 33.2 Å². The minimum atomic E-state index is -3.85. The number of nitrogens with one attached hydrogen (secondary N) is 2. The zero-order valence-corrected chi connectivity index (χ0v) is 16.1. The number of sulfonamides is 1. The molecule has 9 heteroatoms. The second kappa shape index (κ2) is 8.16. The van der Waals surface area contributed by atoms with Gasteiger partial charge in [-0.2, -0.15) is 4.72 Å². The molecule has 144 valence electrons. The molecule has 0 bridgehead atoms. The van der Waals surface area contributed by atoms with Gasteiger partial charge in [-0.25, -0.2) is 8.42 Å². The highest BCUT2D eigenvalue weighted by molar-refractivity contribution is 7.89. The number of rotatable bonds is 5. The minimum absolute atomic E-state index is 0.0297. The number of hydrogen-bond donors (Lipinski definition) is 2. The highest BCUT2D eigenvalue weighted by atomic mass is 35.5. The minimum Gasteiger partial charge on any atom is -0.490 e. The zero-order valence-electron chi connectivity index (χ0n) is 14.6. The fourth-order valence-corrected chi connectivity index (χ4v) is 3.79. The van der Waals surface area contributed by atoms with Gasteiger partial charge in [-0.05, 0) is 43.3 Å². The molecule has 0 radical (unpaired) electrons. The summed E-state index contributed by atoms with van der Waals surface area (Å²) in [4.78, 5) is 12.4. The van der Waals surface area contributed by atoms with Gasteiger partial charge in [0.25, 0.3) is 0 Å². The van der Waals surface area contributed by atoms with Gasteiger partial charge in [0, 0.05) is 23.2 Å². The van der Waals surface area contributed by atoms with E-state index in [1.54, 1.807) is 18.2 Å². The van der Waals surface area contributed by atoms with Crippen LogP contribution in [0.3, 0.4) is 0 Å². The predicted molar refractivity (Wildman–Crippen MR) is 102 cm³/mol. The topological polar surface area (TPSA) is 93.7 Å². The molecule has 2 aromatic rings. The van der Waals surface area contributed by atoms with Crippen LogP contribution in [0, 0.1) is 0 Å². The van der Waals surface area contributed by atoms with E-state index in [2.05, 4.69) is 10.0 Å². The Bertz CT molecular complexity index is 931. The van der Waals surface area contributed by atoms with Crippen molar-refractivity contribution in [1.29, 1.82) is 0 Å². The Balaban J connectivity index is 1.67. The van der Waals surface area contributed by atoms with Crippen molar-refractivity contribution < 1.29 is 22.7 Å². The van der Waals surface area contributed by atoms with Crippen molar-refractivity contribution in [2.75, 3.05) is 18.5 Å². The van der Waals surface area contributed by atoms with Crippen LogP contribution in [0.2, 0.25) is 5.02 Å². The summed E-state index contributed by atoms with van der Waals surface area (Å²) in [6.45, 7) is 2.57. The third-order valence-corrected chi connectivity index (χ3v) is 5.67. The van der Waals surface area contributed by atoms with Crippen LogP contribution in [-0.2, 0) is 14.8 Å². The molecule has 0 saturated heterocycles. The number of hydrogen-bond acceptors (Lipinski definition) is 5. The molecule has 0 aliphatic carbocycles. The van der Waals surface area contributed by atoms with Crippen LogP contribution in [-0.4, -0.2) is 33.6 Å². The number of amides is 1. The summed E-state index contributed by atoms with van der Waals surface area (Å²) in [5.74, 6) is 0.656. The second-order valence-corrected chi connectivity index (χ2v) is 8.15. The number of fused-ring (bicyclic) bond motifs is 1.